The van der Waals surface area contributed by atoms with Crippen LogP contribution < -0.4 is 10.1 Å². The monoisotopic (exact) mass is 487 g/mol. The average Bonchev–Trinajstić information content (AvgIpc) is 3.36. The number of carbonyl (C=O) groups excluding carboxylic acids is 1. The van der Waals surface area contributed by atoms with E-state index in [1.807, 2.05) is 19.9 Å². The number of amides is 1. The van der Waals surface area contributed by atoms with Gasteiger partial charge in [-0.2, -0.15) is 5.10 Å². The maximum atomic E-state index is 13.0. The highest BCUT2D eigenvalue weighted by atomic mass is 35.5. The summed E-state index contributed by atoms with van der Waals surface area (Å²) >= 11 is 12.3. The van der Waals surface area contributed by atoms with Crippen LogP contribution in [0.3, 0.4) is 0 Å². The van der Waals surface area contributed by atoms with E-state index in [0.29, 0.717) is 39.5 Å². The van der Waals surface area contributed by atoms with Gasteiger partial charge in [0.2, 0.25) is 0 Å². The predicted octanol–water partition coefficient (Wildman–Crippen LogP) is 6.42. The van der Waals surface area contributed by atoms with Crippen LogP contribution in [-0.2, 0) is 13.2 Å². The summed E-state index contributed by atoms with van der Waals surface area (Å²) in [4.78, 5) is 12.7. The highest BCUT2D eigenvalue weighted by molar-refractivity contribution is 6.35. The minimum absolute atomic E-state index is 0.108. The van der Waals surface area contributed by atoms with Crippen molar-refractivity contribution in [3.63, 3.8) is 0 Å². The third kappa shape index (κ3) is 5.38. The van der Waals surface area contributed by atoms with E-state index in [4.69, 9.17) is 32.4 Å². The molecule has 6 nitrogen and oxygen atoms in total. The molecule has 0 atom stereocenters. The highest BCUT2D eigenvalue weighted by Crippen LogP contribution is 2.25. The SMILES string of the molecule is Cc1nn(Cc2ccc(Cl)cc2Cl)c(C)c1NC(=O)c1ccc(COc2ccc(F)cc2)o1. The van der Waals surface area contributed by atoms with Gasteiger partial charge in [0, 0.05) is 10.0 Å². The van der Waals surface area contributed by atoms with Crippen LogP contribution >= 0.6 is 23.2 Å². The second kappa shape index (κ2) is 9.68. The second-order valence-corrected chi connectivity index (χ2v) is 8.25. The Morgan fingerprint density at radius 2 is 1.88 bits per heavy atom. The number of carbonyl (C=O) groups is 1. The summed E-state index contributed by atoms with van der Waals surface area (Å²) in [5.41, 5.74) is 2.91. The molecule has 1 amide bonds. The molecule has 0 fully saturated rings. The third-order valence-electron chi connectivity index (χ3n) is 5.04. The van der Waals surface area contributed by atoms with Gasteiger partial charge in [0.25, 0.3) is 5.91 Å². The Labute approximate surface area is 199 Å². The lowest BCUT2D eigenvalue weighted by atomic mass is 10.2. The van der Waals surface area contributed by atoms with Crippen molar-refractivity contribution in [2.75, 3.05) is 5.32 Å². The Morgan fingerprint density at radius 3 is 2.61 bits per heavy atom. The largest absolute Gasteiger partial charge is 0.486 e. The summed E-state index contributed by atoms with van der Waals surface area (Å²) in [5.74, 6) is 0.354. The fourth-order valence-corrected chi connectivity index (χ4v) is 3.75. The van der Waals surface area contributed by atoms with Crippen molar-refractivity contribution in [3.8, 4) is 5.75 Å². The first-order chi connectivity index (χ1) is 15.8. The summed E-state index contributed by atoms with van der Waals surface area (Å²) in [6.45, 7) is 4.22. The Kier molecular flexibility index (Phi) is 6.72. The number of benzene rings is 2. The van der Waals surface area contributed by atoms with Crippen molar-refractivity contribution in [1.29, 1.82) is 0 Å². The molecular weight excluding hydrogens is 468 g/mol. The molecule has 0 spiro atoms. The molecule has 9 heteroatoms. The summed E-state index contributed by atoms with van der Waals surface area (Å²) < 4.78 is 25.9. The van der Waals surface area contributed by atoms with E-state index in [-0.39, 0.29) is 18.2 Å². The Bertz CT molecular complexity index is 1300. The van der Waals surface area contributed by atoms with Crippen LogP contribution in [0.15, 0.2) is 59.0 Å². The first-order valence-corrected chi connectivity index (χ1v) is 10.8. The van der Waals surface area contributed by atoms with Crippen molar-refractivity contribution in [2.24, 2.45) is 0 Å². The fourth-order valence-electron chi connectivity index (χ4n) is 3.28. The standard InChI is InChI=1S/C24H20Cl2FN3O3/c1-14-23(15(2)30(29-14)12-16-3-4-17(25)11-21(16)26)28-24(31)22-10-9-20(33-22)13-32-19-7-5-18(27)6-8-19/h3-11H,12-13H2,1-2H3,(H,28,31). The lowest BCUT2D eigenvalue weighted by molar-refractivity contribution is 0.0992. The van der Waals surface area contributed by atoms with Crippen LogP contribution in [0.2, 0.25) is 10.0 Å². The molecule has 0 unspecified atom stereocenters. The number of nitrogens with zero attached hydrogens (tertiary/aromatic N) is 2. The zero-order valence-corrected chi connectivity index (χ0v) is 19.4. The number of aromatic nitrogens is 2. The number of rotatable bonds is 7. The normalized spacial score (nSPS) is 10.9. The van der Waals surface area contributed by atoms with E-state index in [1.54, 1.807) is 28.9 Å². The van der Waals surface area contributed by atoms with Gasteiger partial charge in [-0.05, 0) is 67.9 Å². The van der Waals surface area contributed by atoms with Crippen LogP contribution in [0.4, 0.5) is 10.1 Å². The topological polar surface area (TPSA) is 69.3 Å². The van der Waals surface area contributed by atoms with Crippen LogP contribution in [0.25, 0.3) is 0 Å². The van der Waals surface area contributed by atoms with Crippen LogP contribution in [-0.4, -0.2) is 15.7 Å². The number of furan rings is 1. The maximum absolute atomic E-state index is 13.0. The van der Waals surface area contributed by atoms with Crippen molar-refractivity contribution in [3.05, 3.63) is 98.9 Å². The summed E-state index contributed by atoms with van der Waals surface area (Å²) in [7, 11) is 0. The number of aryl methyl sites for hydroxylation is 1. The van der Waals surface area contributed by atoms with Crippen LogP contribution in [0.5, 0.6) is 5.75 Å². The number of ether oxygens (including phenoxy) is 1. The van der Waals surface area contributed by atoms with Gasteiger partial charge < -0.3 is 14.5 Å². The zero-order chi connectivity index (χ0) is 23.5. The van der Waals surface area contributed by atoms with E-state index in [2.05, 4.69) is 10.4 Å². The molecule has 2 aromatic heterocycles. The second-order valence-electron chi connectivity index (χ2n) is 7.40. The van der Waals surface area contributed by atoms with Gasteiger partial charge in [-0.15, -0.1) is 0 Å². The van der Waals surface area contributed by atoms with E-state index >= 15 is 0 Å². The molecule has 4 rings (SSSR count). The van der Waals surface area contributed by atoms with Gasteiger partial charge >= 0.3 is 0 Å². The molecule has 2 heterocycles. The van der Waals surface area contributed by atoms with Gasteiger partial charge in [-0.3, -0.25) is 9.48 Å². The average molecular weight is 488 g/mol. The third-order valence-corrected chi connectivity index (χ3v) is 5.62. The molecule has 0 saturated carbocycles. The van der Waals surface area contributed by atoms with Crippen molar-refractivity contribution >= 4 is 34.8 Å². The van der Waals surface area contributed by atoms with E-state index in [9.17, 15) is 9.18 Å². The lowest BCUT2D eigenvalue weighted by Crippen LogP contribution is -2.12. The Balaban J connectivity index is 1.42. The zero-order valence-electron chi connectivity index (χ0n) is 17.9. The number of halogens is 3. The summed E-state index contributed by atoms with van der Waals surface area (Å²) in [6, 6.07) is 14.2. The molecule has 0 radical (unpaired) electrons. The molecule has 0 bridgehead atoms. The molecular formula is C24H20Cl2FN3O3. The van der Waals surface area contributed by atoms with Crippen LogP contribution in [0, 0.1) is 19.7 Å². The molecule has 1 N–H and O–H groups in total. The van der Waals surface area contributed by atoms with Gasteiger partial charge in [0.15, 0.2) is 5.76 Å². The molecule has 0 aliphatic carbocycles. The molecule has 170 valence electrons. The number of hydrogen-bond acceptors (Lipinski definition) is 4. The summed E-state index contributed by atoms with van der Waals surface area (Å²) in [5, 5.41) is 8.50. The molecule has 0 aliphatic rings. The first-order valence-electron chi connectivity index (χ1n) is 10.1. The quantitative estimate of drug-likeness (QED) is 0.326. The van der Waals surface area contributed by atoms with Gasteiger partial charge in [-0.25, -0.2) is 4.39 Å². The molecule has 0 saturated heterocycles. The minimum atomic E-state index is -0.404. The van der Waals surface area contributed by atoms with Crippen molar-refractivity contribution in [2.45, 2.75) is 27.0 Å². The number of hydrogen-bond donors (Lipinski definition) is 1. The van der Waals surface area contributed by atoms with Crippen molar-refractivity contribution < 1.29 is 18.3 Å². The molecule has 4 aromatic rings. The molecule has 33 heavy (non-hydrogen) atoms. The van der Waals surface area contributed by atoms with Gasteiger partial charge in [0.1, 0.15) is 23.9 Å². The van der Waals surface area contributed by atoms with Crippen molar-refractivity contribution in [1.82, 2.24) is 9.78 Å². The lowest BCUT2D eigenvalue weighted by Gasteiger charge is -2.08. The number of anilines is 1. The fraction of sp³-hybridized carbons (Fsp3) is 0.167. The number of nitrogens with one attached hydrogen (secondary N) is 1. The van der Waals surface area contributed by atoms with Gasteiger partial charge in [0.05, 0.1) is 23.6 Å². The van der Waals surface area contributed by atoms with Crippen LogP contribution in [0.1, 0.15) is 33.3 Å². The summed E-state index contributed by atoms with van der Waals surface area (Å²) in [6.07, 6.45) is 0. The van der Waals surface area contributed by atoms with E-state index in [1.165, 1.54) is 24.3 Å². The predicted molar refractivity (Wildman–Crippen MR) is 125 cm³/mol. The first kappa shape index (κ1) is 22.9. The smallest absolute Gasteiger partial charge is 0.291 e. The molecule has 2 aromatic carbocycles. The Morgan fingerprint density at radius 1 is 1.12 bits per heavy atom. The highest BCUT2D eigenvalue weighted by Gasteiger charge is 2.18. The minimum Gasteiger partial charge on any atom is -0.486 e. The van der Waals surface area contributed by atoms with Gasteiger partial charge in [-0.1, -0.05) is 29.3 Å². The maximum Gasteiger partial charge on any atom is 0.291 e. The molecule has 0 aliphatic heterocycles. The van der Waals surface area contributed by atoms with E-state index in [0.717, 1.165) is 11.3 Å². The Hall–Kier alpha value is -3.29. The van der Waals surface area contributed by atoms with E-state index < -0.39 is 5.91 Å².